The number of rotatable bonds is 7. The maximum Gasteiger partial charge on any atom is 0.257 e. The Morgan fingerprint density at radius 3 is 2.44 bits per heavy atom. The maximum absolute atomic E-state index is 13.1. The summed E-state index contributed by atoms with van der Waals surface area (Å²) in [4.78, 5) is 14.1. The van der Waals surface area contributed by atoms with Crippen molar-refractivity contribution >= 4 is 39.3 Å². The number of amides is 1. The summed E-state index contributed by atoms with van der Waals surface area (Å²) < 4.78 is 49.8. The number of carbonyl (C=O) groups is 1. The van der Waals surface area contributed by atoms with E-state index in [2.05, 4.69) is 5.43 Å². The Labute approximate surface area is 152 Å². The average molecular weight is 407 g/mol. The van der Waals surface area contributed by atoms with Gasteiger partial charge >= 0.3 is 0 Å². The Kier molecular flexibility index (Phi) is 6.77. The van der Waals surface area contributed by atoms with E-state index < -0.39 is 21.7 Å². The molecule has 2 rings (SSSR count). The quantitative estimate of drug-likeness (QED) is 0.547. The van der Waals surface area contributed by atoms with Crippen LogP contribution in [0.5, 0.6) is 0 Å². The predicted octanol–water partition coefficient (Wildman–Crippen LogP) is 3.11. The highest BCUT2D eigenvalue weighted by Crippen LogP contribution is 2.20. The van der Waals surface area contributed by atoms with Crippen LogP contribution in [0, 0.1) is 11.6 Å². The van der Waals surface area contributed by atoms with Crippen molar-refractivity contribution < 1.29 is 22.0 Å². The number of carbonyl (C=O) groups excluding carboxylic acids is 1. The molecule has 10 heteroatoms. The molecule has 0 aromatic heterocycles. The molecule has 2 aromatic rings. The standard InChI is InChI=1S/C15H13ClF2N2O3S2/c16-13-9-12(5-6-14(13)18)25(22,23)20-19-15(21)7-8-24-11-3-1-10(17)2-4-11/h1-6,9,20H,7-8H2,(H,19,21). The van der Waals surface area contributed by atoms with Crippen LogP contribution in [0.4, 0.5) is 8.78 Å². The second kappa shape index (κ2) is 8.61. The van der Waals surface area contributed by atoms with E-state index in [9.17, 15) is 22.0 Å². The second-order valence-electron chi connectivity index (χ2n) is 4.78. The van der Waals surface area contributed by atoms with E-state index in [-0.39, 0.29) is 22.2 Å². The number of hydrazine groups is 1. The minimum absolute atomic E-state index is 0.0364. The first-order chi connectivity index (χ1) is 11.8. The molecular formula is C15H13ClF2N2O3S2. The lowest BCUT2D eigenvalue weighted by molar-refractivity contribution is -0.121. The minimum atomic E-state index is -4.06. The maximum atomic E-state index is 13.1. The summed E-state index contributed by atoms with van der Waals surface area (Å²) in [7, 11) is -4.06. The van der Waals surface area contributed by atoms with Crippen molar-refractivity contribution in [1.82, 2.24) is 10.3 Å². The van der Waals surface area contributed by atoms with Crippen molar-refractivity contribution in [1.29, 1.82) is 0 Å². The first-order valence-electron chi connectivity index (χ1n) is 6.92. The number of hydrogen-bond acceptors (Lipinski definition) is 4. The largest absolute Gasteiger partial charge is 0.278 e. The highest BCUT2D eigenvalue weighted by atomic mass is 35.5. The average Bonchev–Trinajstić information content (AvgIpc) is 2.57. The fraction of sp³-hybridized carbons (Fsp3) is 0.133. The van der Waals surface area contributed by atoms with Gasteiger partial charge in [0.2, 0.25) is 5.91 Å². The first kappa shape index (κ1) is 19.6. The van der Waals surface area contributed by atoms with Gasteiger partial charge in [0.1, 0.15) is 11.6 Å². The number of nitrogens with one attached hydrogen (secondary N) is 2. The third kappa shape index (κ3) is 5.96. The lowest BCUT2D eigenvalue weighted by Crippen LogP contribution is -2.41. The van der Waals surface area contributed by atoms with Gasteiger partial charge < -0.3 is 0 Å². The topological polar surface area (TPSA) is 75.3 Å². The zero-order valence-corrected chi connectivity index (χ0v) is 15.0. The zero-order chi connectivity index (χ0) is 18.4. The summed E-state index contributed by atoms with van der Waals surface area (Å²) in [5.41, 5.74) is 2.06. The van der Waals surface area contributed by atoms with Gasteiger partial charge in [-0.15, -0.1) is 16.6 Å². The van der Waals surface area contributed by atoms with E-state index >= 15 is 0 Å². The SMILES string of the molecule is O=C(CCSc1ccc(F)cc1)NNS(=O)(=O)c1ccc(F)c(Cl)c1. The Bertz CT molecular complexity index is 862. The van der Waals surface area contributed by atoms with Gasteiger partial charge in [0.15, 0.2) is 0 Å². The van der Waals surface area contributed by atoms with Crippen molar-refractivity contribution in [3.05, 3.63) is 59.1 Å². The lowest BCUT2D eigenvalue weighted by Gasteiger charge is -2.09. The van der Waals surface area contributed by atoms with Crippen molar-refractivity contribution in [2.75, 3.05) is 5.75 Å². The summed E-state index contributed by atoms with van der Waals surface area (Å²) in [6.45, 7) is 0. The molecule has 0 heterocycles. The second-order valence-corrected chi connectivity index (χ2v) is 8.04. The fourth-order valence-corrected chi connectivity index (χ4v) is 3.67. The third-order valence-corrected chi connectivity index (χ3v) is 5.49. The molecule has 25 heavy (non-hydrogen) atoms. The minimum Gasteiger partial charge on any atom is -0.278 e. The molecule has 0 aliphatic carbocycles. The summed E-state index contributed by atoms with van der Waals surface area (Å²) in [5, 5.41) is -0.343. The van der Waals surface area contributed by atoms with Crippen LogP contribution in [0.25, 0.3) is 0 Å². The van der Waals surface area contributed by atoms with Crippen LogP contribution in [0.3, 0.4) is 0 Å². The number of thioether (sulfide) groups is 1. The molecule has 0 fully saturated rings. The Morgan fingerprint density at radius 1 is 1.12 bits per heavy atom. The first-order valence-corrected chi connectivity index (χ1v) is 9.77. The molecule has 134 valence electrons. The molecule has 0 unspecified atom stereocenters. The van der Waals surface area contributed by atoms with Crippen LogP contribution >= 0.6 is 23.4 Å². The molecule has 0 aliphatic heterocycles. The van der Waals surface area contributed by atoms with Crippen molar-refractivity contribution in [3.8, 4) is 0 Å². The molecule has 0 spiro atoms. The summed E-state index contributed by atoms with van der Waals surface area (Å²) in [6.07, 6.45) is 0.0364. The monoisotopic (exact) mass is 406 g/mol. The molecule has 2 N–H and O–H groups in total. The molecule has 0 atom stereocenters. The normalized spacial score (nSPS) is 11.3. The van der Waals surface area contributed by atoms with Crippen molar-refractivity contribution in [2.45, 2.75) is 16.2 Å². The van der Waals surface area contributed by atoms with Gasteiger partial charge in [-0.1, -0.05) is 11.6 Å². The van der Waals surface area contributed by atoms with E-state index in [1.165, 1.54) is 23.9 Å². The fourth-order valence-electron chi connectivity index (χ4n) is 1.68. The Balaban J connectivity index is 1.82. The van der Waals surface area contributed by atoms with E-state index in [1.807, 2.05) is 4.83 Å². The van der Waals surface area contributed by atoms with Gasteiger partial charge in [0.05, 0.1) is 9.92 Å². The van der Waals surface area contributed by atoms with Crippen LogP contribution in [0.2, 0.25) is 5.02 Å². The zero-order valence-electron chi connectivity index (χ0n) is 12.6. The molecule has 0 saturated carbocycles. The van der Waals surface area contributed by atoms with Crippen LogP contribution in [-0.4, -0.2) is 20.1 Å². The predicted molar refractivity (Wildman–Crippen MR) is 91.6 cm³/mol. The molecular weight excluding hydrogens is 394 g/mol. The van der Waals surface area contributed by atoms with E-state index in [0.717, 1.165) is 23.1 Å². The molecule has 1 amide bonds. The summed E-state index contributed by atoms with van der Waals surface area (Å²) in [5.74, 6) is -1.27. The van der Waals surface area contributed by atoms with Crippen LogP contribution in [-0.2, 0) is 14.8 Å². The molecule has 5 nitrogen and oxygen atoms in total. The number of benzene rings is 2. The highest BCUT2D eigenvalue weighted by molar-refractivity contribution is 7.99. The van der Waals surface area contributed by atoms with Gasteiger partial charge in [-0.2, -0.15) is 0 Å². The van der Waals surface area contributed by atoms with Gasteiger partial charge in [0.25, 0.3) is 10.0 Å². The van der Waals surface area contributed by atoms with Crippen molar-refractivity contribution in [3.63, 3.8) is 0 Å². The summed E-state index contributed by atoms with van der Waals surface area (Å²) in [6, 6.07) is 8.67. The smallest absolute Gasteiger partial charge is 0.257 e. The molecule has 0 radical (unpaired) electrons. The molecule has 0 saturated heterocycles. The van der Waals surface area contributed by atoms with E-state index in [0.29, 0.717) is 5.75 Å². The van der Waals surface area contributed by atoms with Gasteiger partial charge in [0, 0.05) is 17.1 Å². The van der Waals surface area contributed by atoms with Gasteiger partial charge in [-0.25, -0.2) is 17.2 Å². The van der Waals surface area contributed by atoms with Gasteiger partial charge in [-0.05, 0) is 42.5 Å². The van der Waals surface area contributed by atoms with Crippen LogP contribution in [0.15, 0.2) is 52.3 Å². The molecule has 0 aliphatic rings. The summed E-state index contributed by atoms with van der Waals surface area (Å²) >= 11 is 6.87. The lowest BCUT2D eigenvalue weighted by atomic mass is 10.3. The van der Waals surface area contributed by atoms with Crippen LogP contribution < -0.4 is 10.3 Å². The van der Waals surface area contributed by atoms with Crippen LogP contribution in [0.1, 0.15) is 6.42 Å². The number of hydrogen-bond donors (Lipinski definition) is 2. The molecule has 0 bridgehead atoms. The van der Waals surface area contributed by atoms with E-state index in [4.69, 9.17) is 11.6 Å². The highest BCUT2D eigenvalue weighted by Gasteiger charge is 2.16. The number of sulfonamides is 1. The number of halogens is 3. The Morgan fingerprint density at radius 2 is 1.80 bits per heavy atom. The van der Waals surface area contributed by atoms with Crippen molar-refractivity contribution in [2.24, 2.45) is 0 Å². The Hall–Kier alpha value is -1.68. The van der Waals surface area contributed by atoms with Gasteiger partial charge in [-0.3, -0.25) is 10.2 Å². The third-order valence-electron chi connectivity index (χ3n) is 2.94. The molecule has 2 aromatic carbocycles. The van der Waals surface area contributed by atoms with E-state index in [1.54, 1.807) is 12.1 Å².